The van der Waals surface area contributed by atoms with Crippen LogP contribution < -0.4 is 5.69 Å². The minimum absolute atomic E-state index is 0.364. The summed E-state index contributed by atoms with van der Waals surface area (Å²) < 4.78 is 0. The number of H-pyrrole nitrogens is 1. The van der Waals surface area contributed by atoms with Crippen LogP contribution in [0.4, 0.5) is 0 Å². The molecule has 1 rings (SSSR count). The summed E-state index contributed by atoms with van der Waals surface area (Å²) >= 11 is 0. The summed E-state index contributed by atoms with van der Waals surface area (Å²) in [6, 6.07) is 1.76. The lowest BCUT2D eigenvalue weighted by atomic mass is 10.0. The Bertz CT molecular complexity index is 644. The highest BCUT2D eigenvalue weighted by molar-refractivity contribution is 5.74. The number of nitrogens with one attached hydrogen (secondary N) is 1. The van der Waals surface area contributed by atoms with Crippen LogP contribution in [0.2, 0.25) is 0 Å². The second kappa shape index (κ2) is 15.5. The van der Waals surface area contributed by atoms with Crippen LogP contribution in [-0.4, -0.2) is 9.97 Å². The van der Waals surface area contributed by atoms with E-state index in [0.29, 0.717) is 5.69 Å². The van der Waals surface area contributed by atoms with Crippen LogP contribution >= 0.6 is 0 Å². The van der Waals surface area contributed by atoms with Gasteiger partial charge in [-0.25, -0.2) is 9.78 Å². The van der Waals surface area contributed by atoms with Gasteiger partial charge < -0.3 is 4.98 Å². The Balaban J connectivity index is 0. The normalized spacial score (nSPS) is 12.0. The highest BCUT2D eigenvalue weighted by Gasteiger charge is 2.02. The van der Waals surface area contributed by atoms with Gasteiger partial charge >= 0.3 is 5.69 Å². The van der Waals surface area contributed by atoms with Gasteiger partial charge in [0.1, 0.15) is 0 Å². The van der Waals surface area contributed by atoms with Gasteiger partial charge in [-0.1, -0.05) is 64.7 Å². The second-order valence-electron chi connectivity index (χ2n) is 4.21. The molecule has 3 heteroatoms. The Labute approximate surface area is 147 Å². The van der Waals surface area contributed by atoms with Crippen molar-refractivity contribution in [1.82, 2.24) is 9.97 Å². The summed E-state index contributed by atoms with van der Waals surface area (Å²) in [5, 5.41) is 0. The van der Waals surface area contributed by atoms with Gasteiger partial charge in [0.05, 0.1) is 5.69 Å². The van der Waals surface area contributed by atoms with Crippen LogP contribution in [0.1, 0.15) is 54.2 Å². The van der Waals surface area contributed by atoms with E-state index in [1.807, 2.05) is 78.8 Å². The Kier molecular flexibility index (Phi) is 15.4. The number of aromatic nitrogens is 2. The molecule has 0 unspecified atom stereocenters. The molecule has 1 aromatic heterocycles. The molecule has 0 aliphatic carbocycles. The summed E-state index contributed by atoms with van der Waals surface area (Å²) in [5.41, 5.74) is 3.41. The Morgan fingerprint density at radius 3 is 2.29 bits per heavy atom. The summed E-state index contributed by atoms with van der Waals surface area (Å²) in [4.78, 5) is 17.6. The van der Waals surface area contributed by atoms with Crippen molar-refractivity contribution in [3.63, 3.8) is 0 Å². The molecule has 0 aliphatic heterocycles. The van der Waals surface area contributed by atoms with Crippen LogP contribution in [0.15, 0.2) is 71.2 Å². The van der Waals surface area contributed by atoms with Crippen molar-refractivity contribution in [2.24, 2.45) is 0 Å². The Morgan fingerprint density at radius 1 is 1.21 bits per heavy atom. The third-order valence-electron chi connectivity index (χ3n) is 2.87. The van der Waals surface area contributed by atoms with Gasteiger partial charge in [-0.05, 0) is 49.6 Å². The molecule has 0 aromatic carbocycles. The molecule has 0 saturated carbocycles. The maximum Gasteiger partial charge on any atom is 0.345 e. The molecule has 0 fully saturated rings. The minimum Gasteiger partial charge on any atom is -0.305 e. The molecule has 1 heterocycles. The lowest BCUT2D eigenvalue weighted by Crippen LogP contribution is -2.10. The molecule has 0 saturated heterocycles. The van der Waals surface area contributed by atoms with Crippen molar-refractivity contribution in [1.29, 1.82) is 0 Å². The first kappa shape index (κ1) is 23.8. The third-order valence-corrected chi connectivity index (χ3v) is 2.87. The quantitative estimate of drug-likeness (QED) is 0.688. The molecular weight excluding hydrogens is 296 g/mol. The molecular formula is C21H32N2O. The largest absolute Gasteiger partial charge is 0.345 e. The number of allylic oxidation sites excluding steroid dienone is 9. The van der Waals surface area contributed by atoms with E-state index in [4.69, 9.17) is 0 Å². The smallest absolute Gasteiger partial charge is 0.305 e. The summed E-state index contributed by atoms with van der Waals surface area (Å²) in [5.74, 6) is 0. The van der Waals surface area contributed by atoms with Crippen LogP contribution in [0.3, 0.4) is 0 Å². The van der Waals surface area contributed by atoms with Crippen LogP contribution in [0.5, 0.6) is 0 Å². The Hall–Kier alpha value is -2.42. The molecule has 0 bridgehead atoms. The molecule has 0 amide bonds. The SMILES string of the molecule is C=C\C(=C/C(=C/C=C\C)C(/C)=C\C)c1ccnc(=O)[nH]1.CC.CC. The van der Waals surface area contributed by atoms with E-state index in [2.05, 4.69) is 16.5 Å². The van der Waals surface area contributed by atoms with Crippen molar-refractivity contribution in [3.8, 4) is 0 Å². The van der Waals surface area contributed by atoms with Gasteiger partial charge in [0.25, 0.3) is 0 Å². The minimum atomic E-state index is -0.364. The van der Waals surface area contributed by atoms with E-state index in [1.165, 1.54) is 6.20 Å². The molecule has 1 N–H and O–H groups in total. The van der Waals surface area contributed by atoms with Crippen LogP contribution in [-0.2, 0) is 0 Å². The van der Waals surface area contributed by atoms with Gasteiger partial charge in [0, 0.05) is 6.20 Å². The number of hydrogen-bond donors (Lipinski definition) is 1. The molecule has 132 valence electrons. The number of hydrogen-bond acceptors (Lipinski definition) is 2. The fourth-order valence-corrected chi connectivity index (χ4v) is 1.61. The standard InChI is InChI=1S/C17H20N2O.2C2H6/c1-5-8-9-15(13(4)6-2)12-14(7-3)16-10-11-18-17(20)19-16;2*1-2/h5-12H,3H2,1-2,4H3,(H,18,19,20);2*1-2H3/b8-5-,13-6-,14-12+,15-9-;;. The highest BCUT2D eigenvalue weighted by Crippen LogP contribution is 2.19. The second-order valence-corrected chi connectivity index (χ2v) is 4.21. The zero-order chi connectivity index (χ0) is 19.0. The first-order valence-corrected chi connectivity index (χ1v) is 8.48. The van der Waals surface area contributed by atoms with Gasteiger partial charge in [0.15, 0.2) is 0 Å². The Morgan fingerprint density at radius 2 is 1.83 bits per heavy atom. The molecule has 0 radical (unpaired) electrons. The maximum atomic E-state index is 11.3. The van der Waals surface area contributed by atoms with E-state index in [1.54, 1.807) is 12.1 Å². The lowest BCUT2D eigenvalue weighted by Gasteiger charge is -2.06. The maximum absolute atomic E-state index is 11.3. The van der Waals surface area contributed by atoms with Gasteiger partial charge in [-0.3, -0.25) is 0 Å². The molecule has 0 atom stereocenters. The van der Waals surface area contributed by atoms with Gasteiger partial charge in [0.2, 0.25) is 0 Å². The third kappa shape index (κ3) is 8.89. The average Bonchev–Trinajstić information content (AvgIpc) is 2.64. The van der Waals surface area contributed by atoms with Crippen molar-refractivity contribution < 1.29 is 0 Å². The van der Waals surface area contributed by atoms with E-state index in [9.17, 15) is 4.79 Å². The topological polar surface area (TPSA) is 45.8 Å². The number of aromatic amines is 1. The summed E-state index contributed by atoms with van der Waals surface area (Å²) in [6.45, 7) is 17.8. The van der Waals surface area contributed by atoms with E-state index in [0.717, 1.165) is 16.7 Å². The lowest BCUT2D eigenvalue weighted by molar-refractivity contribution is 1.06. The molecule has 1 aromatic rings. The van der Waals surface area contributed by atoms with E-state index < -0.39 is 0 Å². The van der Waals surface area contributed by atoms with Crippen molar-refractivity contribution in [2.45, 2.75) is 48.5 Å². The molecule has 3 nitrogen and oxygen atoms in total. The number of nitrogens with zero attached hydrogens (tertiary/aromatic N) is 1. The van der Waals surface area contributed by atoms with Gasteiger partial charge in [-0.2, -0.15) is 0 Å². The molecule has 0 spiro atoms. The number of rotatable bonds is 5. The monoisotopic (exact) mass is 328 g/mol. The van der Waals surface area contributed by atoms with Crippen molar-refractivity contribution in [3.05, 3.63) is 82.6 Å². The molecule has 0 aliphatic rings. The van der Waals surface area contributed by atoms with Crippen LogP contribution in [0.25, 0.3) is 5.57 Å². The summed E-state index contributed by atoms with van der Waals surface area (Å²) in [7, 11) is 0. The fraction of sp³-hybridized carbons (Fsp3) is 0.333. The molecule has 24 heavy (non-hydrogen) atoms. The first-order valence-electron chi connectivity index (χ1n) is 8.48. The zero-order valence-corrected chi connectivity index (χ0v) is 16.2. The van der Waals surface area contributed by atoms with E-state index >= 15 is 0 Å². The fourth-order valence-electron chi connectivity index (χ4n) is 1.61. The van der Waals surface area contributed by atoms with E-state index in [-0.39, 0.29) is 5.69 Å². The average molecular weight is 329 g/mol. The summed E-state index contributed by atoms with van der Waals surface area (Å²) in [6.07, 6.45) is 13.2. The predicted octanol–water partition coefficient (Wildman–Crippen LogP) is 5.86. The van der Waals surface area contributed by atoms with Gasteiger partial charge in [-0.15, -0.1) is 0 Å². The van der Waals surface area contributed by atoms with Crippen molar-refractivity contribution >= 4 is 5.57 Å². The van der Waals surface area contributed by atoms with Crippen LogP contribution in [0, 0.1) is 0 Å². The zero-order valence-electron chi connectivity index (χ0n) is 16.2. The predicted molar refractivity (Wildman–Crippen MR) is 108 cm³/mol. The highest BCUT2D eigenvalue weighted by atomic mass is 16.1. The van der Waals surface area contributed by atoms with Crippen molar-refractivity contribution in [2.75, 3.05) is 0 Å². The first-order chi connectivity index (χ1) is 11.6.